The molecule has 2 unspecified atom stereocenters. The van der Waals surface area contributed by atoms with E-state index in [0.717, 1.165) is 10.5 Å². The maximum absolute atomic E-state index is 12.4. The number of halogens is 1. The Morgan fingerprint density at radius 3 is 2.16 bits per heavy atom. The molecule has 0 heterocycles. The standard InChI is InChI=1S/C17H19ClN2O3S2/c1-11(13-3-9-16(10-4-13)25(19,22)23)20-17(21)12(2)24-15-7-5-14(18)6-8-15/h3-12H,1-2H3,(H,20,21)(H2,19,22,23). The minimum absolute atomic E-state index is 0.0430. The van der Waals surface area contributed by atoms with Gasteiger partial charge in [-0.15, -0.1) is 11.8 Å². The maximum Gasteiger partial charge on any atom is 0.238 e. The number of thioether (sulfide) groups is 1. The summed E-state index contributed by atoms with van der Waals surface area (Å²) >= 11 is 7.29. The zero-order chi connectivity index (χ0) is 18.6. The minimum atomic E-state index is -3.72. The molecular weight excluding hydrogens is 380 g/mol. The molecule has 25 heavy (non-hydrogen) atoms. The summed E-state index contributed by atoms with van der Waals surface area (Å²) in [5.74, 6) is -0.108. The second kappa shape index (κ2) is 8.23. The van der Waals surface area contributed by atoms with E-state index in [9.17, 15) is 13.2 Å². The van der Waals surface area contributed by atoms with E-state index in [1.807, 2.05) is 26.0 Å². The van der Waals surface area contributed by atoms with E-state index in [1.54, 1.807) is 24.3 Å². The highest BCUT2D eigenvalue weighted by atomic mass is 35.5. The Balaban J connectivity index is 1.97. The molecule has 2 aromatic carbocycles. The van der Waals surface area contributed by atoms with E-state index in [-0.39, 0.29) is 22.1 Å². The Labute approximate surface area is 157 Å². The highest BCUT2D eigenvalue weighted by molar-refractivity contribution is 8.00. The Hall–Kier alpha value is -1.54. The molecule has 2 rings (SSSR count). The lowest BCUT2D eigenvalue weighted by atomic mass is 10.1. The van der Waals surface area contributed by atoms with Crippen molar-refractivity contribution in [2.45, 2.75) is 34.9 Å². The summed E-state index contributed by atoms with van der Waals surface area (Å²) in [6, 6.07) is 13.2. The van der Waals surface area contributed by atoms with Crippen LogP contribution in [0.25, 0.3) is 0 Å². The smallest absolute Gasteiger partial charge is 0.238 e. The van der Waals surface area contributed by atoms with Crippen molar-refractivity contribution in [1.29, 1.82) is 0 Å². The fourth-order valence-electron chi connectivity index (χ4n) is 2.13. The molecule has 1 amide bonds. The molecule has 134 valence electrons. The molecule has 2 atom stereocenters. The van der Waals surface area contributed by atoms with Crippen LogP contribution < -0.4 is 10.5 Å². The van der Waals surface area contributed by atoms with Crippen LogP contribution in [0.1, 0.15) is 25.5 Å². The maximum atomic E-state index is 12.4. The van der Waals surface area contributed by atoms with Crippen LogP contribution in [-0.4, -0.2) is 19.6 Å². The molecule has 0 radical (unpaired) electrons. The van der Waals surface area contributed by atoms with Gasteiger partial charge in [0.05, 0.1) is 16.2 Å². The van der Waals surface area contributed by atoms with Gasteiger partial charge in [0.1, 0.15) is 0 Å². The van der Waals surface area contributed by atoms with E-state index in [2.05, 4.69) is 5.32 Å². The SMILES string of the molecule is CC(Sc1ccc(Cl)cc1)C(=O)NC(C)c1ccc(S(N)(=O)=O)cc1. The van der Waals surface area contributed by atoms with Gasteiger partial charge in [0.15, 0.2) is 0 Å². The van der Waals surface area contributed by atoms with Gasteiger partial charge in [-0.25, -0.2) is 13.6 Å². The number of carbonyl (C=O) groups is 1. The van der Waals surface area contributed by atoms with Gasteiger partial charge in [-0.3, -0.25) is 4.79 Å². The molecule has 0 saturated heterocycles. The topological polar surface area (TPSA) is 89.3 Å². The van der Waals surface area contributed by atoms with E-state index < -0.39 is 10.0 Å². The second-order valence-corrected chi connectivity index (χ2v) is 8.97. The lowest BCUT2D eigenvalue weighted by Gasteiger charge is -2.18. The van der Waals surface area contributed by atoms with Crippen molar-refractivity contribution in [2.75, 3.05) is 0 Å². The number of nitrogens with two attached hydrogens (primary N) is 1. The monoisotopic (exact) mass is 398 g/mol. The first kappa shape index (κ1) is 19.8. The Morgan fingerprint density at radius 2 is 1.64 bits per heavy atom. The molecule has 3 N–H and O–H groups in total. The van der Waals surface area contributed by atoms with Gasteiger partial charge < -0.3 is 5.32 Å². The van der Waals surface area contributed by atoms with Crippen LogP contribution in [0.2, 0.25) is 5.02 Å². The van der Waals surface area contributed by atoms with Crippen molar-refractivity contribution >= 4 is 39.3 Å². The van der Waals surface area contributed by atoms with Crippen LogP contribution in [-0.2, 0) is 14.8 Å². The zero-order valence-electron chi connectivity index (χ0n) is 13.8. The molecule has 0 fully saturated rings. The van der Waals surface area contributed by atoms with Crippen LogP contribution in [0, 0.1) is 0 Å². The fourth-order valence-corrected chi connectivity index (χ4v) is 3.65. The third kappa shape index (κ3) is 5.74. The van der Waals surface area contributed by atoms with Gasteiger partial charge in [0.25, 0.3) is 0 Å². The average molecular weight is 399 g/mol. The van der Waals surface area contributed by atoms with Crippen LogP contribution in [0.5, 0.6) is 0 Å². The van der Waals surface area contributed by atoms with Crippen molar-refractivity contribution in [3.8, 4) is 0 Å². The first-order valence-corrected chi connectivity index (χ1v) is 10.3. The zero-order valence-corrected chi connectivity index (χ0v) is 16.2. The highest BCUT2D eigenvalue weighted by Crippen LogP contribution is 2.25. The van der Waals surface area contributed by atoms with Gasteiger partial charge in [0.2, 0.25) is 15.9 Å². The van der Waals surface area contributed by atoms with Crippen molar-refractivity contribution < 1.29 is 13.2 Å². The normalized spacial score (nSPS) is 13.9. The number of amides is 1. The predicted octanol–water partition coefficient (Wildman–Crippen LogP) is 3.35. The summed E-state index contributed by atoms with van der Waals surface area (Å²) in [6.45, 7) is 3.66. The number of hydrogen-bond donors (Lipinski definition) is 2. The summed E-state index contributed by atoms with van der Waals surface area (Å²) in [7, 11) is -3.72. The van der Waals surface area contributed by atoms with Crippen molar-refractivity contribution in [1.82, 2.24) is 5.32 Å². The molecule has 5 nitrogen and oxygen atoms in total. The number of nitrogens with one attached hydrogen (secondary N) is 1. The second-order valence-electron chi connectivity index (χ2n) is 5.56. The number of sulfonamides is 1. The van der Waals surface area contributed by atoms with E-state index >= 15 is 0 Å². The minimum Gasteiger partial charge on any atom is -0.349 e. The predicted molar refractivity (Wildman–Crippen MR) is 101 cm³/mol. The average Bonchev–Trinajstić information content (AvgIpc) is 2.56. The number of benzene rings is 2. The van der Waals surface area contributed by atoms with Crippen LogP contribution in [0.3, 0.4) is 0 Å². The molecule has 0 saturated carbocycles. The Bertz CT molecular complexity index is 837. The van der Waals surface area contributed by atoms with Gasteiger partial charge in [0, 0.05) is 9.92 Å². The quantitative estimate of drug-likeness (QED) is 0.730. The van der Waals surface area contributed by atoms with Crippen molar-refractivity contribution in [2.24, 2.45) is 5.14 Å². The highest BCUT2D eigenvalue weighted by Gasteiger charge is 2.18. The summed E-state index contributed by atoms with van der Waals surface area (Å²) in [5.41, 5.74) is 0.796. The van der Waals surface area contributed by atoms with Crippen LogP contribution >= 0.6 is 23.4 Å². The van der Waals surface area contributed by atoms with Gasteiger partial charge in [-0.2, -0.15) is 0 Å². The molecule has 2 aromatic rings. The molecule has 0 bridgehead atoms. The molecule has 0 aliphatic carbocycles. The number of hydrogen-bond acceptors (Lipinski definition) is 4. The molecule has 0 spiro atoms. The van der Waals surface area contributed by atoms with E-state index in [0.29, 0.717) is 5.02 Å². The summed E-state index contributed by atoms with van der Waals surface area (Å²) < 4.78 is 22.5. The lowest BCUT2D eigenvalue weighted by molar-refractivity contribution is -0.120. The number of primary sulfonamides is 1. The molecule has 0 aliphatic heterocycles. The van der Waals surface area contributed by atoms with Gasteiger partial charge in [-0.05, 0) is 55.8 Å². The summed E-state index contributed by atoms with van der Waals surface area (Å²) in [5, 5.41) is 8.36. The van der Waals surface area contributed by atoms with Crippen molar-refractivity contribution in [3.63, 3.8) is 0 Å². The van der Waals surface area contributed by atoms with Gasteiger partial charge >= 0.3 is 0 Å². The Morgan fingerprint density at radius 1 is 1.08 bits per heavy atom. The number of rotatable bonds is 6. The molecular formula is C17H19ClN2O3S2. The third-order valence-corrected chi connectivity index (χ3v) is 5.86. The first-order valence-electron chi connectivity index (χ1n) is 7.52. The lowest BCUT2D eigenvalue weighted by Crippen LogP contribution is -2.33. The van der Waals surface area contributed by atoms with E-state index in [4.69, 9.17) is 16.7 Å². The fraction of sp³-hybridized carbons (Fsp3) is 0.235. The van der Waals surface area contributed by atoms with E-state index in [1.165, 1.54) is 23.9 Å². The third-order valence-electron chi connectivity index (χ3n) is 3.56. The van der Waals surface area contributed by atoms with Crippen LogP contribution in [0.4, 0.5) is 0 Å². The Kier molecular flexibility index (Phi) is 6.51. The van der Waals surface area contributed by atoms with Gasteiger partial charge in [-0.1, -0.05) is 23.7 Å². The first-order chi connectivity index (χ1) is 11.7. The molecule has 0 aliphatic rings. The summed E-state index contributed by atoms with van der Waals surface area (Å²) in [6.07, 6.45) is 0. The summed E-state index contributed by atoms with van der Waals surface area (Å²) in [4.78, 5) is 13.3. The number of carbonyl (C=O) groups excluding carboxylic acids is 1. The molecule has 8 heteroatoms. The van der Waals surface area contributed by atoms with Crippen LogP contribution in [0.15, 0.2) is 58.3 Å². The largest absolute Gasteiger partial charge is 0.349 e. The molecule has 0 aromatic heterocycles. The van der Waals surface area contributed by atoms with Crippen molar-refractivity contribution in [3.05, 3.63) is 59.1 Å².